The second kappa shape index (κ2) is 6.93. The van der Waals surface area contributed by atoms with Crippen molar-refractivity contribution >= 4 is 37.8 Å². The first-order valence-electron chi connectivity index (χ1n) is 9.20. The van der Waals surface area contributed by atoms with Crippen molar-refractivity contribution in [3.8, 4) is 0 Å². The number of halogens is 1. The molecule has 0 amide bonds. The van der Waals surface area contributed by atoms with Crippen LogP contribution in [0.15, 0.2) is 16.8 Å². The van der Waals surface area contributed by atoms with Crippen molar-refractivity contribution in [2.45, 2.75) is 38.6 Å². The summed E-state index contributed by atoms with van der Waals surface area (Å²) in [6.45, 7) is 4.85. The van der Waals surface area contributed by atoms with Crippen molar-refractivity contribution in [1.29, 1.82) is 0 Å². The highest BCUT2D eigenvalue weighted by Crippen LogP contribution is 2.33. The van der Waals surface area contributed by atoms with Gasteiger partial charge in [0.2, 0.25) is 21.6 Å². The largest absolute Gasteiger partial charge is 0.353 e. The van der Waals surface area contributed by atoms with Crippen molar-refractivity contribution in [1.82, 2.24) is 19.4 Å². The molecule has 3 aromatic rings. The number of fused-ring (bicyclic) bond motifs is 3. The molecule has 8 nitrogen and oxygen atoms in total. The number of hydrogen-bond donors (Lipinski definition) is 1. The van der Waals surface area contributed by atoms with Crippen molar-refractivity contribution < 1.29 is 17.3 Å². The Labute approximate surface area is 162 Å². The average Bonchev–Trinajstić information content (AvgIpc) is 3.08. The van der Waals surface area contributed by atoms with E-state index in [0.29, 0.717) is 53.9 Å². The lowest BCUT2D eigenvalue weighted by Gasteiger charge is -2.30. The van der Waals surface area contributed by atoms with Crippen LogP contribution in [0, 0.1) is 5.82 Å². The fraction of sp³-hybridized carbons (Fsp3) is 0.500. The monoisotopic (exact) mass is 407 g/mol. The van der Waals surface area contributed by atoms with E-state index in [1.54, 1.807) is 6.20 Å². The fourth-order valence-corrected chi connectivity index (χ4v) is 4.45. The van der Waals surface area contributed by atoms with E-state index >= 15 is 0 Å². The first-order valence-corrected chi connectivity index (χ1v) is 11.0. The molecule has 0 saturated carbocycles. The van der Waals surface area contributed by atoms with Gasteiger partial charge < -0.3 is 9.84 Å². The van der Waals surface area contributed by atoms with Crippen LogP contribution < -0.4 is 5.32 Å². The Morgan fingerprint density at radius 2 is 2.04 bits per heavy atom. The molecular formula is C18H22FN5O3S. The number of benzene rings is 1. The van der Waals surface area contributed by atoms with Gasteiger partial charge in [-0.1, -0.05) is 19.0 Å². The standard InChI is InChI=1S/C18H22FN5O3S/c1-10(2)15-14-16-11(8-13(19)17(14)27-23-15)9-20-18(22-16)21-12-4-6-24(7-5-12)28(3,25)26/h8-10,12H,4-7H2,1-3H3,(H,20,21,22). The van der Waals surface area contributed by atoms with Crippen LogP contribution in [-0.4, -0.2) is 53.2 Å². The van der Waals surface area contributed by atoms with Gasteiger partial charge in [0.15, 0.2) is 5.82 Å². The van der Waals surface area contributed by atoms with Gasteiger partial charge in [0.1, 0.15) is 0 Å². The summed E-state index contributed by atoms with van der Waals surface area (Å²) >= 11 is 0. The molecule has 0 spiro atoms. The number of nitrogens with zero attached hydrogens (tertiary/aromatic N) is 4. The van der Waals surface area contributed by atoms with Crippen LogP contribution in [0.3, 0.4) is 0 Å². The zero-order valence-corrected chi connectivity index (χ0v) is 16.8. The van der Waals surface area contributed by atoms with E-state index in [9.17, 15) is 12.8 Å². The molecule has 0 unspecified atom stereocenters. The van der Waals surface area contributed by atoms with E-state index < -0.39 is 15.8 Å². The fourth-order valence-electron chi connectivity index (χ4n) is 3.57. The maximum atomic E-state index is 14.3. The third-order valence-electron chi connectivity index (χ3n) is 5.07. The summed E-state index contributed by atoms with van der Waals surface area (Å²) in [7, 11) is -3.16. The number of piperidine rings is 1. The molecule has 1 fully saturated rings. The average molecular weight is 407 g/mol. The summed E-state index contributed by atoms with van der Waals surface area (Å²) < 4.78 is 44.3. The molecule has 1 saturated heterocycles. The second-order valence-electron chi connectivity index (χ2n) is 7.50. The topological polar surface area (TPSA) is 101 Å². The molecule has 3 heterocycles. The first kappa shape index (κ1) is 19.0. The number of hydrogen-bond acceptors (Lipinski definition) is 7. The Morgan fingerprint density at radius 1 is 1.32 bits per heavy atom. The van der Waals surface area contributed by atoms with Gasteiger partial charge in [-0.3, -0.25) is 0 Å². The quantitative estimate of drug-likeness (QED) is 0.709. The molecule has 28 heavy (non-hydrogen) atoms. The van der Waals surface area contributed by atoms with Gasteiger partial charge in [0.25, 0.3) is 0 Å². The van der Waals surface area contributed by atoms with E-state index in [2.05, 4.69) is 20.4 Å². The minimum Gasteiger partial charge on any atom is -0.353 e. The first-order chi connectivity index (χ1) is 13.2. The second-order valence-corrected chi connectivity index (χ2v) is 9.48. The summed E-state index contributed by atoms with van der Waals surface area (Å²) in [5, 5.41) is 8.45. The predicted octanol–water partition coefficient (Wildman–Crippen LogP) is 2.87. The van der Waals surface area contributed by atoms with Gasteiger partial charge in [-0.25, -0.2) is 27.1 Å². The normalized spacial score (nSPS) is 17.0. The molecule has 10 heteroatoms. The third-order valence-corrected chi connectivity index (χ3v) is 6.38. The number of nitrogens with one attached hydrogen (secondary N) is 1. The highest BCUT2D eigenvalue weighted by atomic mass is 32.2. The maximum absolute atomic E-state index is 14.3. The molecule has 0 atom stereocenters. The Morgan fingerprint density at radius 3 is 2.68 bits per heavy atom. The van der Waals surface area contributed by atoms with Crippen molar-refractivity contribution in [2.24, 2.45) is 0 Å². The van der Waals surface area contributed by atoms with Gasteiger partial charge in [-0.05, 0) is 24.8 Å². The summed E-state index contributed by atoms with van der Waals surface area (Å²) in [6, 6.07) is 1.42. The molecule has 1 N–H and O–H groups in total. The maximum Gasteiger partial charge on any atom is 0.223 e. The minimum absolute atomic E-state index is 0.0537. The van der Waals surface area contributed by atoms with Gasteiger partial charge in [-0.2, -0.15) is 0 Å². The van der Waals surface area contributed by atoms with E-state index in [4.69, 9.17) is 4.52 Å². The van der Waals surface area contributed by atoms with Crippen LogP contribution in [-0.2, 0) is 10.0 Å². The highest BCUT2D eigenvalue weighted by Gasteiger charge is 2.26. The predicted molar refractivity (Wildman–Crippen MR) is 104 cm³/mol. The molecule has 1 aromatic carbocycles. The SMILES string of the molecule is CC(C)c1noc2c(F)cc3cnc(NC4CCN(S(C)(=O)=O)CC4)nc3c12. The van der Waals surface area contributed by atoms with Gasteiger partial charge in [0, 0.05) is 30.7 Å². The molecule has 1 aliphatic rings. The van der Waals surface area contributed by atoms with Gasteiger partial charge >= 0.3 is 0 Å². The van der Waals surface area contributed by atoms with Crippen LogP contribution in [0.2, 0.25) is 0 Å². The van der Waals surface area contributed by atoms with Crippen LogP contribution >= 0.6 is 0 Å². The third kappa shape index (κ3) is 3.42. The van der Waals surface area contributed by atoms with Crippen LogP contribution in [0.1, 0.15) is 38.3 Å². The van der Waals surface area contributed by atoms with Crippen molar-refractivity contribution in [2.75, 3.05) is 24.7 Å². The van der Waals surface area contributed by atoms with Crippen LogP contribution in [0.25, 0.3) is 21.9 Å². The summed E-state index contributed by atoms with van der Waals surface area (Å²) in [6.07, 6.45) is 4.13. The zero-order chi connectivity index (χ0) is 20.1. The van der Waals surface area contributed by atoms with Gasteiger partial charge in [-0.15, -0.1) is 0 Å². The summed E-state index contributed by atoms with van der Waals surface area (Å²) in [5.74, 6) is -0.00794. The Balaban J connectivity index is 1.65. The Kier molecular flexibility index (Phi) is 4.70. The molecule has 0 aliphatic carbocycles. The van der Waals surface area contributed by atoms with Crippen molar-refractivity contribution in [3.05, 3.63) is 23.8 Å². The van der Waals surface area contributed by atoms with Crippen molar-refractivity contribution in [3.63, 3.8) is 0 Å². The van der Waals surface area contributed by atoms with E-state index in [1.807, 2.05) is 13.8 Å². The zero-order valence-electron chi connectivity index (χ0n) is 15.9. The minimum atomic E-state index is -3.16. The Hall–Kier alpha value is -2.33. The number of aromatic nitrogens is 3. The molecule has 150 valence electrons. The summed E-state index contributed by atoms with van der Waals surface area (Å²) in [5.41, 5.74) is 1.35. The van der Waals surface area contributed by atoms with E-state index in [1.165, 1.54) is 16.6 Å². The molecule has 4 rings (SSSR count). The lowest BCUT2D eigenvalue weighted by Crippen LogP contribution is -2.42. The lowest BCUT2D eigenvalue weighted by atomic mass is 10.0. The smallest absolute Gasteiger partial charge is 0.223 e. The van der Waals surface area contributed by atoms with Gasteiger partial charge in [0.05, 0.1) is 22.9 Å². The summed E-state index contributed by atoms with van der Waals surface area (Å²) in [4.78, 5) is 8.90. The molecule has 2 aromatic heterocycles. The highest BCUT2D eigenvalue weighted by molar-refractivity contribution is 7.88. The van der Waals surface area contributed by atoms with E-state index in [0.717, 1.165) is 0 Å². The molecule has 0 radical (unpaired) electrons. The number of rotatable bonds is 4. The molecule has 0 bridgehead atoms. The molecular weight excluding hydrogens is 385 g/mol. The van der Waals surface area contributed by atoms with Crippen LogP contribution in [0.5, 0.6) is 0 Å². The number of sulfonamides is 1. The van der Waals surface area contributed by atoms with Crippen LogP contribution in [0.4, 0.5) is 10.3 Å². The molecule has 1 aliphatic heterocycles. The van der Waals surface area contributed by atoms with E-state index in [-0.39, 0.29) is 17.5 Å². The lowest BCUT2D eigenvalue weighted by molar-refractivity contribution is 0.331. The number of anilines is 1. The Bertz CT molecular complexity index is 1140.